The minimum atomic E-state index is -3.94. The zero-order chi connectivity index (χ0) is 15.5. The minimum Gasteiger partial charge on any atom is -0.327 e. The van der Waals surface area contributed by atoms with E-state index in [1.54, 1.807) is 0 Å². The molecule has 114 valence electrons. The number of hydrogen-bond acceptors (Lipinski definition) is 5. The van der Waals surface area contributed by atoms with Crippen molar-refractivity contribution in [1.29, 1.82) is 0 Å². The normalized spacial score (nSPS) is 13.9. The maximum atomic E-state index is 12.2. The third-order valence-corrected chi connectivity index (χ3v) is 4.97. The number of aromatic amines is 2. The monoisotopic (exact) mass is 304 g/mol. The van der Waals surface area contributed by atoms with Crippen molar-refractivity contribution in [3.63, 3.8) is 0 Å². The van der Waals surface area contributed by atoms with Gasteiger partial charge in [-0.25, -0.2) is 17.5 Å². The van der Waals surface area contributed by atoms with Crippen molar-refractivity contribution in [2.45, 2.75) is 31.2 Å². The first-order valence-corrected chi connectivity index (χ1v) is 7.64. The van der Waals surface area contributed by atoms with Gasteiger partial charge in [0, 0.05) is 25.8 Å². The van der Waals surface area contributed by atoms with Gasteiger partial charge in [-0.05, 0) is 12.3 Å². The molecule has 1 heterocycles. The molecule has 0 saturated heterocycles. The fourth-order valence-corrected chi connectivity index (χ4v) is 2.72. The maximum Gasteiger partial charge on any atom is 0.325 e. The summed E-state index contributed by atoms with van der Waals surface area (Å²) >= 11 is 0. The van der Waals surface area contributed by atoms with Gasteiger partial charge in [-0.1, -0.05) is 13.8 Å². The number of aromatic nitrogens is 2. The van der Waals surface area contributed by atoms with E-state index in [-0.39, 0.29) is 18.5 Å². The number of nitrogens with zero attached hydrogens (tertiary/aromatic N) is 1. The Labute approximate surface area is 117 Å². The molecule has 8 nitrogen and oxygen atoms in total. The first-order chi connectivity index (χ1) is 9.16. The summed E-state index contributed by atoms with van der Waals surface area (Å²) in [5.74, 6) is 0.239. The Balaban J connectivity index is 2.93. The SMILES string of the molecule is CC(C)C(N)CCN(C)S(=O)(=O)c1c[nH]c(=O)[nH]c1=O. The molecular formula is C11H20N4O4S. The predicted molar refractivity (Wildman–Crippen MR) is 74.9 cm³/mol. The van der Waals surface area contributed by atoms with Crippen molar-refractivity contribution < 1.29 is 8.42 Å². The molecule has 0 saturated carbocycles. The first-order valence-electron chi connectivity index (χ1n) is 6.20. The summed E-state index contributed by atoms with van der Waals surface area (Å²) in [6.07, 6.45) is 1.38. The van der Waals surface area contributed by atoms with Gasteiger partial charge in [-0.2, -0.15) is 0 Å². The van der Waals surface area contributed by atoms with Gasteiger partial charge in [0.2, 0.25) is 10.0 Å². The molecule has 0 aromatic carbocycles. The van der Waals surface area contributed by atoms with Crippen molar-refractivity contribution in [2.75, 3.05) is 13.6 Å². The van der Waals surface area contributed by atoms with Crippen LogP contribution in [0.3, 0.4) is 0 Å². The van der Waals surface area contributed by atoms with Crippen molar-refractivity contribution in [2.24, 2.45) is 11.7 Å². The average Bonchev–Trinajstić information content (AvgIpc) is 2.34. The van der Waals surface area contributed by atoms with Crippen LogP contribution in [0.1, 0.15) is 20.3 Å². The molecule has 0 aliphatic carbocycles. The van der Waals surface area contributed by atoms with E-state index < -0.39 is 26.2 Å². The lowest BCUT2D eigenvalue weighted by Gasteiger charge is -2.20. The standard InChI is InChI=1S/C11H20N4O4S/c1-7(2)8(12)4-5-15(3)20(18,19)9-6-13-11(17)14-10(9)16/h6-8H,4-5,12H2,1-3H3,(H2,13,14,16,17). The molecule has 0 aliphatic heterocycles. The molecule has 0 bridgehead atoms. The van der Waals surface area contributed by atoms with Crippen molar-refractivity contribution >= 4 is 10.0 Å². The number of nitrogens with two attached hydrogens (primary N) is 1. The van der Waals surface area contributed by atoms with Crippen LogP contribution in [0.2, 0.25) is 0 Å². The average molecular weight is 304 g/mol. The molecule has 0 radical (unpaired) electrons. The molecule has 4 N–H and O–H groups in total. The Morgan fingerprint density at radius 1 is 1.35 bits per heavy atom. The fourth-order valence-electron chi connectivity index (χ4n) is 1.54. The van der Waals surface area contributed by atoms with Gasteiger partial charge in [-0.3, -0.25) is 9.78 Å². The van der Waals surface area contributed by atoms with Gasteiger partial charge < -0.3 is 10.7 Å². The largest absolute Gasteiger partial charge is 0.327 e. The molecule has 9 heteroatoms. The van der Waals surface area contributed by atoms with Crippen molar-refractivity contribution in [3.05, 3.63) is 27.0 Å². The Morgan fingerprint density at radius 3 is 2.45 bits per heavy atom. The number of hydrogen-bond donors (Lipinski definition) is 3. The van der Waals surface area contributed by atoms with Crippen LogP contribution in [0.4, 0.5) is 0 Å². The van der Waals surface area contributed by atoms with Gasteiger partial charge in [0.05, 0.1) is 0 Å². The number of sulfonamides is 1. The summed E-state index contributed by atoms with van der Waals surface area (Å²) < 4.78 is 25.4. The predicted octanol–water partition coefficient (Wildman–Crippen LogP) is -0.943. The van der Waals surface area contributed by atoms with Crippen LogP contribution in [0, 0.1) is 5.92 Å². The molecule has 1 aromatic heterocycles. The summed E-state index contributed by atoms with van der Waals surface area (Å²) in [5.41, 5.74) is 4.17. The fraction of sp³-hybridized carbons (Fsp3) is 0.636. The van der Waals surface area contributed by atoms with E-state index in [1.807, 2.05) is 18.8 Å². The topological polar surface area (TPSA) is 129 Å². The quantitative estimate of drug-likeness (QED) is 0.624. The zero-order valence-corrected chi connectivity index (χ0v) is 12.5. The van der Waals surface area contributed by atoms with Gasteiger partial charge in [-0.15, -0.1) is 0 Å². The lowest BCUT2D eigenvalue weighted by Crippen LogP contribution is -2.37. The van der Waals surface area contributed by atoms with Crippen molar-refractivity contribution in [1.82, 2.24) is 14.3 Å². The van der Waals surface area contributed by atoms with Crippen LogP contribution < -0.4 is 17.0 Å². The second-order valence-corrected chi connectivity index (χ2v) is 6.97. The van der Waals surface area contributed by atoms with Crippen LogP contribution in [-0.2, 0) is 10.0 Å². The molecule has 1 atom stereocenters. The highest BCUT2D eigenvalue weighted by Crippen LogP contribution is 2.10. The van der Waals surface area contributed by atoms with Gasteiger partial charge in [0.1, 0.15) is 0 Å². The summed E-state index contributed by atoms with van der Waals surface area (Å²) in [5, 5.41) is 0. The Kier molecular flexibility index (Phi) is 5.26. The summed E-state index contributed by atoms with van der Waals surface area (Å²) in [6, 6.07) is -0.124. The second-order valence-electron chi connectivity index (χ2n) is 4.96. The second kappa shape index (κ2) is 6.33. The number of rotatable bonds is 6. The highest BCUT2D eigenvalue weighted by molar-refractivity contribution is 7.89. The highest BCUT2D eigenvalue weighted by atomic mass is 32.2. The highest BCUT2D eigenvalue weighted by Gasteiger charge is 2.25. The molecule has 1 rings (SSSR count). The molecule has 20 heavy (non-hydrogen) atoms. The van der Waals surface area contributed by atoms with Crippen LogP contribution in [-0.4, -0.2) is 42.3 Å². The molecule has 0 amide bonds. The minimum absolute atomic E-state index is 0.124. The Bertz CT molecular complexity index is 661. The Hall–Kier alpha value is -1.45. The third kappa shape index (κ3) is 3.78. The molecule has 1 unspecified atom stereocenters. The molecule has 0 aliphatic rings. The smallest absolute Gasteiger partial charge is 0.325 e. The summed E-state index contributed by atoms with van der Waals surface area (Å²) in [6.45, 7) is 4.10. The van der Waals surface area contributed by atoms with Gasteiger partial charge >= 0.3 is 5.69 Å². The van der Waals surface area contributed by atoms with Crippen molar-refractivity contribution in [3.8, 4) is 0 Å². The van der Waals surface area contributed by atoms with E-state index in [4.69, 9.17) is 5.73 Å². The van der Waals surface area contributed by atoms with Crippen LogP contribution in [0.25, 0.3) is 0 Å². The van der Waals surface area contributed by atoms with Gasteiger partial charge in [0.15, 0.2) is 4.90 Å². The Morgan fingerprint density at radius 2 is 1.95 bits per heavy atom. The van der Waals surface area contributed by atoms with Crippen LogP contribution >= 0.6 is 0 Å². The summed E-state index contributed by atoms with van der Waals surface area (Å²) in [7, 11) is -2.58. The molecule has 0 fully saturated rings. The third-order valence-electron chi connectivity index (χ3n) is 3.11. The van der Waals surface area contributed by atoms with Gasteiger partial charge in [0.25, 0.3) is 5.56 Å². The van der Waals surface area contributed by atoms with E-state index in [0.29, 0.717) is 6.42 Å². The van der Waals surface area contributed by atoms with E-state index in [1.165, 1.54) is 7.05 Å². The molecule has 0 spiro atoms. The maximum absolute atomic E-state index is 12.2. The first kappa shape index (κ1) is 16.6. The summed E-state index contributed by atoms with van der Waals surface area (Å²) in [4.78, 5) is 26.0. The van der Waals surface area contributed by atoms with E-state index in [0.717, 1.165) is 10.5 Å². The zero-order valence-electron chi connectivity index (χ0n) is 11.7. The van der Waals surface area contributed by atoms with Crippen LogP contribution in [0.15, 0.2) is 20.7 Å². The van der Waals surface area contributed by atoms with E-state index in [2.05, 4.69) is 4.98 Å². The molecule has 1 aromatic rings. The lowest BCUT2D eigenvalue weighted by atomic mass is 10.0. The van der Waals surface area contributed by atoms with E-state index in [9.17, 15) is 18.0 Å². The van der Waals surface area contributed by atoms with Crippen LogP contribution in [0.5, 0.6) is 0 Å². The molecular weight excluding hydrogens is 284 g/mol. The lowest BCUT2D eigenvalue weighted by molar-refractivity contribution is 0.397. The van der Waals surface area contributed by atoms with E-state index >= 15 is 0 Å². The number of nitrogens with one attached hydrogen (secondary N) is 2. The number of H-pyrrole nitrogens is 2.